The molecule has 1 unspecified atom stereocenters. The standard InChI is InChI=1S/C21H26ClF2N5O3/c1-20(30)10-28(5-6-31-11-20)18-14-8-25-17(22)15(24)16(14)26-19(27-18)32-12-21-3-2-4-29(21)9-13(23)7-21/h8,13,30H,2-7,9-12H2,1H3/t13-,20?,21+/m1/s1/i1D3. The van der Waals surface area contributed by atoms with Crippen LogP contribution in [-0.4, -0.2) is 88.3 Å². The number of pyridine rings is 1. The third kappa shape index (κ3) is 3.98. The van der Waals surface area contributed by atoms with E-state index < -0.39 is 36.6 Å². The van der Waals surface area contributed by atoms with E-state index in [1.807, 2.05) is 0 Å². The number of anilines is 1. The Labute approximate surface area is 193 Å². The molecule has 174 valence electrons. The number of aliphatic hydroxyl groups is 1. The third-order valence-corrected chi connectivity index (χ3v) is 6.69. The molecule has 0 spiro atoms. The molecule has 0 bridgehead atoms. The molecule has 5 heterocycles. The number of alkyl halides is 1. The summed E-state index contributed by atoms with van der Waals surface area (Å²) in [6.07, 6.45) is 2.39. The molecule has 3 fully saturated rings. The summed E-state index contributed by atoms with van der Waals surface area (Å²) < 4.78 is 63.8. The lowest BCUT2D eigenvalue weighted by molar-refractivity contribution is -0.0123. The molecule has 0 radical (unpaired) electrons. The Morgan fingerprint density at radius 1 is 1.44 bits per heavy atom. The van der Waals surface area contributed by atoms with Crippen molar-refractivity contribution >= 4 is 28.3 Å². The first-order valence-corrected chi connectivity index (χ1v) is 11.0. The van der Waals surface area contributed by atoms with Gasteiger partial charge in [-0.1, -0.05) is 11.6 Å². The Morgan fingerprint density at radius 3 is 3.16 bits per heavy atom. The lowest BCUT2D eigenvalue weighted by Crippen LogP contribution is -2.44. The van der Waals surface area contributed by atoms with Gasteiger partial charge >= 0.3 is 6.01 Å². The van der Waals surface area contributed by atoms with Crippen molar-refractivity contribution in [3.63, 3.8) is 0 Å². The van der Waals surface area contributed by atoms with Gasteiger partial charge in [-0.2, -0.15) is 9.97 Å². The molecule has 8 nitrogen and oxygen atoms in total. The zero-order valence-corrected chi connectivity index (χ0v) is 18.1. The number of halogens is 3. The van der Waals surface area contributed by atoms with E-state index in [0.29, 0.717) is 13.0 Å². The average molecular weight is 473 g/mol. The van der Waals surface area contributed by atoms with Crippen molar-refractivity contribution in [3.8, 4) is 6.01 Å². The van der Waals surface area contributed by atoms with E-state index in [1.165, 1.54) is 11.1 Å². The van der Waals surface area contributed by atoms with Gasteiger partial charge < -0.3 is 19.5 Å². The van der Waals surface area contributed by atoms with Gasteiger partial charge in [0.2, 0.25) is 0 Å². The molecule has 2 aromatic heterocycles. The molecule has 0 aliphatic carbocycles. The second kappa shape index (κ2) is 8.16. The Kier molecular flexibility index (Phi) is 4.73. The zero-order chi connectivity index (χ0) is 25.0. The predicted octanol–water partition coefficient (Wildman–Crippen LogP) is 2.36. The smallest absolute Gasteiger partial charge is 0.319 e. The SMILES string of the molecule is [2H]C([2H])([2H])C1(O)COCCN(c2nc(OC[C@@]34CCCN3C[C@H](F)C4)nc3c(F)c(Cl)ncc23)C1. The van der Waals surface area contributed by atoms with Crippen LogP contribution in [0, 0.1) is 5.82 Å². The molecule has 11 heteroatoms. The van der Waals surface area contributed by atoms with E-state index in [4.69, 9.17) is 25.2 Å². The second-order valence-corrected chi connectivity index (χ2v) is 9.18. The summed E-state index contributed by atoms with van der Waals surface area (Å²) in [5, 5.41) is 10.7. The van der Waals surface area contributed by atoms with Gasteiger partial charge in [0.15, 0.2) is 11.0 Å². The van der Waals surface area contributed by atoms with Crippen LogP contribution in [0.1, 0.15) is 30.2 Å². The van der Waals surface area contributed by atoms with Crippen molar-refractivity contribution in [1.29, 1.82) is 0 Å². The normalized spacial score (nSPS) is 32.9. The highest BCUT2D eigenvalue weighted by Gasteiger charge is 2.49. The monoisotopic (exact) mass is 472 g/mol. The molecular formula is C21H26ClF2N5O3. The molecule has 3 aliphatic heterocycles. The Hall–Kier alpha value is -1.88. The van der Waals surface area contributed by atoms with E-state index in [-0.39, 0.29) is 54.2 Å². The summed E-state index contributed by atoms with van der Waals surface area (Å²) in [4.78, 5) is 16.1. The second-order valence-electron chi connectivity index (χ2n) is 8.82. The highest BCUT2D eigenvalue weighted by molar-refractivity contribution is 6.30. The van der Waals surface area contributed by atoms with Gasteiger partial charge in [-0.3, -0.25) is 4.90 Å². The van der Waals surface area contributed by atoms with Crippen LogP contribution < -0.4 is 9.64 Å². The van der Waals surface area contributed by atoms with Crippen LogP contribution in [0.3, 0.4) is 0 Å². The lowest BCUT2D eigenvalue weighted by atomic mass is 9.95. The van der Waals surface area contributed by atoms with Crippen LogP contribution in [0.2, 0.25) is 5.15 Å². The van der Waals surface area contributed by atoms with Crippen LogP contribution in [0.15, 0.2) is 6.20 Å². The Morgan fingerprint density at radius 2 is 2.31 bits per heavy atom. The van der Waals surface area contributed by atoms with Gasteiger partial charge in [-0.05, 0) is 26.2 Å². The first-order valence-electron chi connectivity index (χ1n) is 12.1. The van der Waals surface area contributed by atoms with Gasteiger partial charge in [-0.25, -0.2) is 13.8 Å². The van der Waals surface area contributed by atoms with Crippen LogP contribution in [0.5, 0.6) is 6.01 Å². The minimum absolute atomic E-state index is 0.111. The maximum Gasteiger partial charge on any atom is 0.319 e. The quantitative estimate of drug-likeness (QED) is 0.679. The number of β-amino-alcohol motifs (C(OH)–C–C–N with tert-alkyl or cyclic N) is 1. The van der Waals surface area contributed by atoms with Crippen molar-refractivity contribution in [1.82, 2.24) is 19.9 Å². The van der Waals surface area contributed by atoms with Crippen LogP contribution in [-0.2, 0) is 4.74 Å². The maximum absolute atomic E-state index is 15.0. The van der Waals surface area contributed by atoms with Crippen molar-refractivity contribution in [3.05, 3.63) is 17.2 Å². The van der Waals surface area contributed by atoms with Gasteiger partial charge in [0.05, 0.1) is 30.7 Å². The van der Waals surface area contributed by atoms with Crippen molar-refractivity contribution in [2.45, 2.75) is 43.4 Å². The van der Waals surface area contributed by atoms with Crippen molar-refractivity contribution in [2.75, 3.05) is 50.9 Å². The largest absolute Gasteiger partial charge is 0.461 e. The molecule has 3 saturated heterocycles. The lowest BCUT2D eigenvalue weighted by Gasteiger charge is -2.31. The van der Waals surface area contributed by atoms with E-state index in [1.54, 1.807) is 0 Å². The number of hydrogen-bond donors (Lipinski definition) is 1. The van der Waals surface area contributed by atoms with E-state index in [2.05, 4.69) is 19.9 Å². The summed E-state index contributed by atoms with van der Waals surface area (Å²) >= 11 is 5.89. The zero-order valence-electron chi connectivity index (χ0n) is 20.4. The van der Waals surface area contributed by atoms with E-state index >= 15 is 0 Å². The predicted molar refractivity (Wildman–Crippen MR) is 115 cm³/mol. The fourth-order valence-electron chi connectivity index (χ4n) is 4.99. The molecule has 0 aromatic carbocycles. The van der Waals surface area contributed by atoms with Crippen LogP contribution in [0.4, 0.5) is 14.6 Å². The number of hydrogen-bond acceptors (Lipinski definition) is 8. The maximum atomic E-state index is 15.0. The van der Waals surface area contributed by atoms with Crippen LogP contribution in [0.25, 0.3) is 10.9 Å². The first kappa shape index (κ1) is 18.5. The van der Waals surface area contributed by atoms with Crippen molar-refractivity contribution < 1.29 is 27.5 Å². The highest BCUT2D eigenvalue weighted by atomic mass is 35.5. The number of fused-ring (bicyclic) bond motifs is 2. The summed E-state index contributed by atoms with van der Waals surface area (Å²) in [6, 6.07) is -0.153. The Bertz CT molecular complexity index is 1130. The minimum atomic E-state index is -2.74. The molecule has 3 aliphatic rings. The molecule has 5 rings (SSSR count). The molecule has 32 heavy (non-hydrogen) atoms. The van der Waals surface area contributed by atoms with Gasteiger partial charge in [0.1, 0.15) is 29.7 Å². The van der Waals surface area contributed by atoms with Crippen molar-refractivity contribution in [2.24, 2.45) is 0 Å². The fourth-order valence-corrected chi connectivity index (χ4v) is 5.13. The summed E-state index contributed by atoms with van der Waals surface area (Å²) in [6.45, 7) is -1.93. The molecule has 0 saturated carbocycles. The summed E-state index contributed by atoms with van der Waals surface area (Å²) in [7, 11) is 0. The van der Waals surface area contributed by atoms with E-state index in [0.717, 1.165) is 19.4 Å². The van der Waals surface area contributed by atoms with Gasteiger partial charge in [0.25, 0.3) is 0 Å². The fraction of sp³-hybridized carbons (Fsp3) is 0.667. The average Bonchev–Trinajstić information content (AvgIpc) is 3.23. The molecule has 1 N–H and O–H groups in total. The molecule has 0 amide bonds. The molecule has 3 atom stereocenters. The number of rotatable bonds is 4. The topological polar surface area (TPSA) is 83.8 Å². The number of nitrogens with zero attached hydrogens (tertiary/aromatic N) is 5. The van der Waals surface area contributed by atoms with Crippen LogP contribution >= 0.6 is 11.6 Å². The van der Waals surface area contributed by atoms with Gasteiger partial charge in [0, 0.05) is 29.8 Å². The summed E-state index contributed by atoms with van der Waals surface area (Å²) in [5.41, 5.74) is -2.79. The van der Waals surface area contributed by atoms with E-state index in [9.17, 15) is 13.9 Å². The van der Waals surface area contributed by atoms with Gasteiger partial charge in [-0.15, -0.1) is 0 Å². The number of aromatic nitrogens is 3. The minimum Gasteiger partial charge on any atom is -0.461 e. The number of ether oxygens (including phenoxy) is 2. The molecular weight excluding hydrogens is 444 g/mol. The third-order valence-electron chi connectivity index (χ3n) is 6.43. The first-order chi connectivity index (χ1) is 16.5. The Balaban J connectivity index is 1.53. The molecule has 2 aromatic rings. The highest BCUT2D eigenvalue weighted by Crippen LogP contribution is 2.40. The summed E-state index contributed by atoms with van der Waals surface area (Å²) in [5.74, 6) is -0.739.